The first-order valence-corrected chi connectivity index (χ1v) is 8.96. The molecule has 1 nitrogen and oxygen atoms in total. The van der Waals surface area contributed by atoms with Crippen molar-refractivity contribution in [3.8, 4) is 0 Å². The first-order chi connectivity index (χ1) is 10.1. The Morgan fingerprint density at radius 1 is 1.00 bits per heavy atom. The van der Waals surface area contributed by atoms with Crippen molar-refractivity contribution in [3.05, 3.63) is 34.9 Å². The van der Waals surface area contributed by atoms with Gasteiger partial charge in [0.25, 0.3) is 0 Å². The van der Waals surface area contributed by atoms with Gasteiger partial charge in [-0.05, 0) is 63.0 Å². The Hall–Kier alpha value is -0.820. The van der Waals surface area contributed by atoms with E-state index in [0.29, 0.717) is 6.04 Å². The first-order valence-electron chi connectivity index (χ1n) is 8.96. The molecule has 2 saturated carbocycles. The lowest BCUT2D eigenvalue weighted by atomic mass is 9.69. The van der Waals surface area contributed by atoms with Crippen LogP contribution in [-0.4, -0.2) is 6.04 Å². The second-order valence-corrected chi connectivity index (χ2v) is 7.56. The van der Waals surface area contributed by atoms with Crippen molar-refractivity contribution in [2.75, 3.05) is 0 Å². The van der Waals surface area contributed by atoms with E-state index in [1.807, 2.05) is 0 Å². The molecule has 0 bridgehead atoms. The summed E-state index contributed by atoms with van der Waals surface area (Å²) in [5.74, 6) is 2.06. The lowest BCUT2D eigenvalue weighted by molar-refractivity contribution is 0.139. The van der Waals surface area contributed by atoms with Gasteiger partial charge in [0.2, 0.25) is 0 Å². The van der Waals surface area contributed by atoms with Gasteiger partial charge in [0.15, 0.2) is 0 Å². The predicted molar refractivity (Wildman–Crippen MR) is 90.6 cm³/mol. The maximum absolute atomic E-state index is 3.93. The molecule has 1 heteroatoms. The smallest absolute Gasteiger partial charge is 0.0296 e. The quantitative estimate of drug-likeness (QED) is 0.793. The van der Waals surface area contributed by atoms with E-state index >= 15 is 0 Å². The predicted octanol–water partition coefficient (Wildman–Crippen LogP) is 5.31. The van der Waals surface area contributed by atoms with Gasteiger partial charge in [-0.25, -0.2) is 0 Å². The van der Waals surface area contributed by atoms with E-state index in [9.17, 15) is 0 Å². The van der Waals surface area contributed by atoms with Crippen molar-refractivity contribution < 1.29 is 0 Å². The van der Waals surface area contributed by atoms with E-state index in [-0.39, 0.29) is 0 Å². The maximum atomic E-state index is 3.93. The molecule has 0 radical (unpaired) electrons. The van der Waals surface area contributed by atoms with Gasteiger partial charge in [-0.2, -0.15) is 0 Å². The molecule has 116 valence electrons. The van der Waals surface area contributed by atoms with Crippen LogP contribution in [0.15, 0.2) is 18.2 Å². The molecule has 0 amide bonds. The number of aryl methyl sites for hydroxylation is 2. The minimum absolute atomic E-state index is 0.482. The second-order valence-electron chi connectivity index (χ2n) is 7.56. The van der Waals surface area contributed by atoms with Crippen LogP contribution >= 0.6 is 0 Å². The van der Waals surface area contributed by atoms with Crippen molar-refractivity contribution >= 4 is 0 Å². The number of hydrogen-bond acceptors (Lipinski definition) is 1. The number of fused-ring (bicyclic) bond motifs is 1. The van der Waals surface area contributed by atoms with Gasteiger partial charge in [-0.3, -0.25) is 0 Å². The topological polar surface area (TPSA) is 12.0 Å². The van der Waals surface area contributed by atoms with E-state index < -0.39 is 0 Å². The summed E-state index contributed by atoms with van der Waals surface area (Å²) in [6, 6.07) is 8.09. The molecule has 4 atom stereocenters. The Bertz CT molecular complexity index is 479. The molecule has 0 heterocycles. The Morgan fingerprint density at radius 3 is 2.52 bits per heavy atom. The average molecular weight is 285 g/mol. The molecule has 0 spiro atoms. The summed E-state index contributed by atoms with van der Waals surface area (Å²) in [6.07, 6.45) is 10.2. The summed E-state index contributed by atoms with van der Waals surface area (Å²) >= 11 is 0. The molecule has 2 aliphatic rings. The van der Waals surface area contributed by atoms with Crippen molar-refractivity contribution in [2.24, 2.45) is 11.8 Å². The third-order valence-corrected chi connectivity index (χ3v) is 5.92. The van der Waals surface area contributed by atoms with Gasteiger partial charge in [-0.15, -0.1) is 0 Å². The van der Waals surface area contributed by atoms with Crippen LogP contribution in [0.4, 0.5) is 0 Å². The highest BCUT2D eigenvalue weighted by Crippen LogP contribution is 2.40. The van der Waals surface area contributed by atoms with Crippen LogP contribution in [0.25, 0.3) is 0 Å². The van der Waals surface area contributed by atoms with E-state index in [2.05, 4.69) is 44.3 Å². The lowest BCUT2D eigenvalue weighted by Crippen LogP contribution is -2.40. The van der Waals surface area contributed by atoms with Crippen molar-refractivity contribution in [1.29, 1.82) is 0 Å². The number of nitrogens with one attached hydrogen (secondary N) is 1. The SMILES string of the molecule is Cc1ccc(C(C)NC2CCC3CCCCC3C2)c(C)c1. The summed E-state index contributed by atoms with van der Waals surface area (Å²) < 4.78 is 0. The third kappa shape index (κ3) is 3.51. The van der Waals surface area contributed by atoms with Crippen molar-refractivity contribution in [3.63, 3.8) is 0 Å². The summed E-state index contributed by atoms with van der Waals surface area (Å²) in [7, 11) is 0. The van der Waals surface area contributed by atoms with Crippen LogP contribution in [-0.2, 0) is 0 Å². The van der Waals surface area contributed by atoms with Gasteiger partial charge in [0, 0.05) is 12.1 Å². The largest absolute Gasteiger partial charge is 0.307 e. The minimum Gasteiger partial charge on any atom is -0.307 e. The van der Waals surface area contributed by atoms with Gasteiger partial charge in [0.05, 0.1) is 0 Å². The highest BCUT2D eigenvalue weighted by Gasteiger charge is 2.32. The van der Waals surface area contributed by atoms with Crippen molar-refractivity contribution in [1.82, 2.24) is 5.32 Å². The van der Waals surface area contributed by atoms with Gasteiger partial charge < -0.3 is 5.32 Å². The van der Waals surface area contributed by atoms with Gasteiger partial charge in [-0.1, -0.05) is 49.4 Å². The zero-order valence-electron chi connectivity index (χ0n) is 14.0. The lowest BCUT2D eigenvalue weighted by Gasteiger charge is -2.40. The monoisotopic (exact) mass is 285 g/mol. The van der Waals surface area contributed by atoms with Crippen LogP contribution in [0.3, 0.4) is 0 Å². The standard InChI is InChI=1S/C20H31N/c1-14-8-11-20(15(2)12-14)16(3)21-19-10-9-17-6-4-5-7-18(17)13-19/h8,11-12,16-19,21H,4-7,9-10,13H2,1-3H3. The Kier molecular flexibility index (Phi) is 4.69. The highest BCUT2D eigenvalue weighted by molar-refractivity contribution is 5.32. The fraction of sp³-hybridized carbons (Fsp3) is 0.700. The number of benzene rings is 1. The molecule has 4 unspecified atom stereocenters. The summed E-state index contributed by atoms with van der Waals surface area (Å²) in [5, 5.41) is 3.93. The van der Waals surface area contributed by atoms with Crippen LogP contribution < -0.4 is 5.32 Å². The summed E-state index contributed by atoms with van der Waals surface area (Å²) in [5.41, 5.74) is 4.28. The molecule has 3 rings (SSSR count). The van der Waals surface area contributed by atoms with Gasteiger partial charge in [0.1, 0.15) is 0 Å². The summed E-state index contributed by atoms with van der Waals surface area (Å²) in [6.45, 7) is 6.77. The molecule has 1 aromatic rings. The van der Waals surface area contributed by atoms with Crippen molar-refractivity contribution in [2.45, 2.75) is 77.8 Å². The zero-order chi connectivity index (χ0) is 14.8. The minimum atomic E-state index is 0.482. The fourth-order valence-corrected chi connectivity index (χ4v) is 4.78. The third-order valence-electron chi connectivity index (χ3n) is 5.92. The second kappa shape index (κ2) is 6.52. The van der Waals surface area contributed by atoms with E-state index in [1.165, 1.54) is 61.6 Å². The maximum Gasteiger partial charge on any atom is 0.0296 e. The van der Waals surface area contributed by atoms with E-state index in [4.69, 9.17) is 0 Å². The highest BCUT2D eigenvalue weighted by atomic mass is 14.9. The van der Waals surface area contributed by atoms with Crippen LogP contribution in [0, 0.1) is 25.7 Å². The molecule has 2 fully saturated rings. The Morgan fingerprint density at radius 2 is 1.76 bits per heavy atom. The molecular weight excluding hydrogens is 254 g/mol. The van der Waals surface area contributed by atoms with Crippen LogP contribution in [0.5, 0.6) is 0 Å². The Balaban J connectivity index is 1.61. The summed E-state index contributed by atoms with van der Waals surface area (Å²) in [4.78, 5) is 0. The van der Waals surface area contributed by atoms with E-state index in [0.717, 1.165) is 17.9 Å². The molecular formula is C20H31N. The van der Waals surface area contributed by atoms with Crippen LogP contribution in [0.1, 0.15) is 74.6 Å². The normalized spacial score (nSPS) is 30.7. The average Bonchev–Trinajstić information content (AvgIpc) is 2.47. The molecule has 1 aromatic carbocycles. The van der Waals surface area contributed by atoms with E-state index in [1.54, 1.807) is 0 Å². The molecule has 0 aromatic heterocycles. The fourth-order valence-electron chi connectivity index (χ4n) is 4.78. The molecule has 1 N–H and O–H groups in total. The molecule has 21 heavy (non-hydrogen) atoms. The Labute approximate surface area is 130 Å². The molecule has 2 aliphatic carbocycles. The molecule has 0 aliphatic heterocycles. The zero-order valence-corrected chi connectivity index (χ0v) is 14.0. The molecule has 0 saturated heterocycles. The van der Waals surface area contributed by atoms with Crippen LogP contribution in [0.2, 0.25) is 0 Å². The van der Waals surface area contributed by atoms with Gasteiger partial charge >= 0.3 is 0 Å². The number of rotatable bonds is 3. The number of hydrogen-bond donors (Lipinski definition) is 1. The first kappa shape index (κ1) is 15.1.